The molecule has 0 N–H and O–H groups in total. The van der Waals surface area contributed by atoms with E-state index in [0.717, 1.165) is 16.8 Å². The predicted octanol–water partition coefficient (Wildman–Crippen LogP) is 2.22. The van der Waals surface area contributed by atoms with Crippen LogP contribution < -0.4 is 5.06 Å². The summed E-state index contributed by atoms with van der Waals surface area (Å²) in [6, 6.07) is 5.87. The number of benzene rings is 1. The van der Waals surface area contributed by atoms with Gasteiger partial charge in [0, 0.05) is 6.92 Å². The van der Waals surface area contributed by atoms with Crippen LogP contribution in [0.4, 0.5) is 5.69 Å². The number of carbonyl (C=O) groups is 1. The zero-order chi connectivity index (χ0) is 10.7. The van der Waals surface area contributed by atoms with Crippen molar-refractivity contribution in [2.24, 2.45) is 0 Å². The fourth-order valence-corrected chi connectivity index (χ4v) is 1.50. The molecule has 3 heteroatoms. The van der Waals surface area contributed by atoms with Gasteiger partial charge in [-0.2, -0.15) is 5.06 Å². The Bertz CT molecular complexity index is 327. The molecule has 1 amide bonds. The number of carbonyl (C=O) groups excluding carboxylic acids is 1. The Hall–Kier alpha value is -1.35. The van der Waals surface area contributed by atoms with Crippen LogP contribution in [0.25, 0.3) is 0 Å². The van der Waals surface area contributed by atoms with E-state index in [1.54, 1.807) is 0 Å². The molecule has 0 radical (unpaired) electrons. The molecule has 0 aliphatic carbocycles. The summed E-state index contributed by atoms with van der Waals surface area (Å²) in [4.78, 5) is 16.3. The van der Waals surface area contributed by atoms with Crippen LogP contribution in [-0.4, -0.2) is 13.0 Å². The van der Waals surface area contributed by atoms with E-state index in [0.29, 0.717) is 0 Å². The summed E-state index contributed by atoms with van der Waals surface area (Å²) in [5.41, 5.74) is 2.90. The molecule has 1 aromatic rings. The molecular weight excluding hydrogens is 178 g/mol. The van der Waals surface area contributed by atoms with Gasteiger partial charge in [-0.1, -0.05) is 18.2 Å². The third-order valence-corrected chi connectivity index (χ3v) is 2.11. The summed E-state index contributed by atoms with van der Waals surface area (Å²) in [6.07, 6.45) is 0. The number of anilines is 1. The molecule has 0 unspecified atom stereocenters. The highest BCUT2D eigenvalue weighted by Crippen LogP contribution is 2.24. The largest absolute Gasteiger partial charge is 0.273 e. The van der Waals surface area contributed by atoms with Gasteiger partial charge in [0.15, 0.2) is 0 Å². The average Bonchev–Trinajstić information content (AvgIpc) is 2.10. The second-order valence-electron chi connectivity index (χ2n) is 3.24. The molecule has 0 aliphatic rings. The fraction of sp³-hybridized carbons (Fsp3) is 0.364. The van der Waals surface area contributed by atoms with Crippen LogP contribution in [0.3, 0.4) is 0 Å². The molecule has 0 saturated heterocycles. The maximum Gasteiger partial charge on any atom is 0.247 e. The number of para-hydroxylation sites is 1. The van der Waals surface area contributed by atoms with E-state index in [9.17, 15) is 4.79 Å². The van der Waals surface area contributed by atoms with Gasteiger partial charge in [0.05, 0.1) is 12.8 Å². The van der Waals surface area contributed by atoms with Crippen molar-refractivity contribution in [3.05, 3.63) is 29.3 Å². The van der Waals surface area contributed by atoms with Crippen molar-refractivity contribution < 1.29 is 9.63 Å². The maximum absolute atomic E-state index is 11.3. The second kappa shape index (κ2) is 4.24. The van der Waals surface area contributed by atoms with Crippen molar-refractivity contribution in [2.45, 2.75) is 20.8 Å². The van der Waals surface area contributed by atoms with Crippen LogP contribution in [0.2, 0.25) is 0 Å². The monoisotopic (exact) mass is 193 g/mol. The fourth-order valence-electron chi connectivity index (χ4n) is 1.50. The zero-order valence-corrected chi connectivity index (χ0v) is 9.00. The molecule has 76 valence electrons. The first-order valence-corrected chi connectivity index (χ1v) is 4.49. The lowest BCUT2D eigenvalue weighted by Gasteiger charge is -2.21. The van der Waals surface area contributed by atoms with E-state index in [1.165, 1.54) is 19.1 Å². The van der Waals surface area contributed by atoms with Gasteiger partial charge in [0.1, 0.15) is 0 Å². The standard InChI is InChI=1S/C11H15NO2/c1-8-6-5-7-9(2)11(8)12(14-4)10(3)13/h5-7H,1-4H3. The lowest BCUT2D eigenvalue weighted by Crippen LogP contribution is -2.28. The molecule has 1 aromatic carbocycles. The Morgan fingerprint density at radius 3 is 2.14 bits per heavy atom. The summed E-state index contributed by atoms with van der Waals surface area (Å²) in [5.74, 6) is -0.120. The Morgan fingerprint density at radius 1 is 1.29 bits per heavy atom. The molecule has 1 rings (SSSR count). The van der Waals surface area contributed by atoms with Crippen molar-refractivity contribution >= 4 is 11.6 Å². The quantitative estimate of drug-likeness (QED) is 0.674. The third kappa shape index (κ3) is 1.93. The number of nitrogens with zero attached hydrogens (tertiary/aromatic N) is 1. The average molecular weight is 193 g/mol. The van der Waals surface area contributed by atoms with Gasteiger partial charge in [-0.15, -0.1) is 0 Å². The van der Waals surface area contributed by atoms with Gasteiger partial charge in [-0.3, -0.25) is 9.63 Å². The van der Waals surface area contributed by atoms with Gasteiger partial charge in [-0.05, 0) is 25.0 Å². The maximum atomic E-state index is 11.3. The predicted molar refractivity (Wildman–Crippen MR) is 56.1 cm³/mol. The zero-order valence-electron chi connectivity index (χ0n) is 9.00. The molecule has 0 spiro atoms. The SMILES string of the molecule is CON(C(C)=O)c1c(C)cccc1C. The normalized spacial score (nSPS) is 10.0. The van der Waals surface area contributed by atoms with Gasteiger partial charge in [0.25, 0.3) is 0 Å². The van der Waals surface area contributed by atoms with E-state index in [4.69, 9.17) is 4.84 Å². The minimum absolute atomic E-state index is 0.120. The molecule has 0 saturated carbocycles. The number of hydrogen-bond acceptors (Lipinski definition) is 2. The van der Waals surface area contributed by atoms with Crippen LogP contribution in [0.15, 0.2) is 18.2 Å². The molecule has 0 heterocycles. The number of hydroxylamine groups is 1. The first kappa shape index (κ1) is 10.7. The van der Waals surface area contributed by atoms with Crippen molar-refractivity contribution in [3.63, 3.8) is 0 Å². The Labute approximate surface area is 84.2 Å². The van der Waals surface area contributed by atoms with Crippen LogP contribution in [0, 0.1) is 13.8 Å². The van der Waals surface area contributed by atoms with Crippen molar-refractivity contribution in [3.8, 4) is 0 Å². The highest BCUT2D eigenvalue weighted by atomic mass is 16.7. The molecule has 0 bridgehead atoms. The molecule has 0 aliphatic heterocycles. The Balaban J connectivity index is 3.22. The Morgan fingerprint density at radius 2 is 1.79 bits per heavy atom. The molecule has 0 aromatic heterocycles. The van der Waals surface area contributed by atoms with Crippen LogP contribution in [-0.2, 0) is 9.63 Å². The van der Waals surface area contributed by atoms with Gasteiger partial charge < -0.3 is 0 Å². The van der Waals surface area contributed by atoms with E-state index < -0.39 is 0 Å². The topological polar surface area (TPSA) is 29.5 Å². The highest BCUT2D eigenvalue weighted by molar-refractivity contribution is 5.91. The summed E-state index contributed by atoms with van der Waals surface area (Å²) < 4.78 is 0. The number of aryl methyl sites for hydroxylation is 2. The lowest BCUT2D eigenvalue weighted by atomic mass is 10.1. The first-order chi connectivity index (χ1) is 6.57. The summed E-state index contributed by atoms with van der Waals surface area (Å²) in [7, 11) is 1.49. The van der Waals surface area contributed by atoms with Crippen LogP contribution in [0.1, 0.15) is 18.1 Å². The van der Waals surface area contributed by atoms with E-state index in [-0.39, 0.29) is 5.91 Å². The second-order valence-corrected chi connectivity index (χ2v) is 3.24. The third-order valence-electron chi connectivity index (χ3n) is 2.11. The van der Waals surface area contributed by atoms with Gasteiger partial charge >= 0.3 is 0 Å². The lowest BCUT2D eigenvalue weighted by molar-refractivity contribution is -0.122. The molecule has 14 heavy (non-hydrogen) atoms. The molecule has 3 nitrogen and oxygen atoms in total. The summed E-state index contributed by atoms with van der Waals surface area (Å²) in [6.45, 7) is 5.39. The highest BCUT2D eigenvalue weighted by Gasteiger charge is 2.15. The number of amides is 1. The minimum Gasteiger partial charge on any atom is -0.273 e. The van der Waals surface area contributed by atoms with Crippen molar-refractivity contribution in [1.29, 1.82) is 0 Å². The Kier molecular flexibility index (Phi) is 3.25. The van der Waals surface area contributed by atoms with Crippen LogP contribution >= 0.6 is 0 Å². The molecule has 0 fully saturated rings. The van der Waals surface area contributed by atoms with Gasteiger partial charge in [0.2, 0.25) is 5.91 Å². The van der Waals surface area contributed by atoms with E-state index >= 15 is 0 Å². The van der Waals surface area contributed by atoms with Crippen LogP contribution in [0.5, 0.6) is 0 Å². The van der Waals surface area contributed by atoms with Crippen molar-refractivity contribution in [2.75, 3.05) is 12.2 Å². The molecule has 0 atom stereocenters. The number of rotatable bonds is 2. The summed E-state index contributed by atoms with van der Waals surface area (Å²) in [5, 5.41) is 1.31. The minimum atomic E-state index is -0.120. The smallest absolute Gasteiger partial charge is 0.247 e. The van der Waals surface area contributed by atoms with E-state index in [1.807, 2.05) is 32.0 Å². The molecular formula is C11H15NO2. The van der Waals surface area contributed by atoms with Crippen molar-refractivity contribution in [1.82, 2.24) is 0 Å². The summed E-state index contributed by atoms with van der Waals surface area (Å²) >= 11 is 0. The number of hydrogen-bond donors (Lipinski definition) is 0. The van der Waals surface area contributed by atoms with E-state index in [2.05, 4.69) is 0 Å². The van der Waals surface area contributed by atoms with Gasteiger partial charge in [-0.25, -0.2) is 0 Å². The first-order valence-electron chi connectivity index (χ1n) is 4.49.